The first-order valence-electron chi connectivity index (χ1n) is 12.4. The number of allylic oxidation sites excluding steroid dienone is 2. The molecule has 37 heavy (non-hydrogen) atoms. The van der Waals surface area contributed by atoms with Gasteiger partial charge in [-0.05, 0) is 52.2 Å². The Morgan fingerprint density at radius 1 is 1.19 bits per heavy atom. The molecule has 2 aromatic rings. The van der Waals surface area contributed by atoms with E-state index in [-0.39, 0.29) is 36.3 Å². The number of benzene rings is 1. The van der Waals surface area contributed by atoms with Crippen LogP contribution in [0, 0.1) is 11.6 Å². The Balaban J connectivity index is 1.76. The van der Waals surface area contributed by atoms with E-state index < -0.39 is 49.2 Å². The van der Waals surface area contributed by atoms with Crippen molar-refractivity contribution in [1.29, 1.82) is 0 Å². The number of nitrogens with zero attached hydrogens (tertiary/aromatic N) is 3. The smallest absolute Gasteiger partial charge is 0.343 e. The summed E-state index contributed by atoms with van der Waals surface area (Å²) in [6.45, 7) is 6.52. The summed E-state index contributed by atoms with van der Waals surface area (Å²) in [6.07, 6.45) is 7.81. The zero-order valence-corrected chi connectivity index (χ0v) is 22.6. The van der Waals surface area contributed by atoms with Gasteiger partial charge in [0.15, 0.2) is 0 Å². The number of H-pyrrole nitrogens is 1. The minimum absolute atomic E-state index is 0.0354. The summed E-state index contributed by atoms with van der Waals surface area (Å²) in [5, 5.41) is 14.6. The van der Waals surface area contributed by atoms with Crippen LogP contribution in [0.15, 0.2) is 41.2 Å². The largest absolute Gasteiger partial charge is 0.390 e. The highest BCUT2D eigenvalue weighted by Crippen LogP contribution is 2.54. The Morgan fingerprint density at radius 3 is 2.32 bits per heavy atom. The van der Waals surface area contributed by atoms with Gasteiger partial charge in [-0.3, -0.25) is 4.98 Å². The lowest BCUT2D eigenvalue weighted by atomic mass is 9.56. The molecule has 202 valence electrons. The molecule has 2 aliphatic carbocycles. The molecule has 0 aliphatic heterocycles. The van der Waals surface area contributed by atoms with Crippen molar-refractivity contribution in [2.45, 2.75) is 81.7 Å². The second-order valence-electron chi connectivity index (χ2n) is 10.8. The summed E-state index contributed by atoms with van der Waals surface area (Å²) < 4.78 is 59.7. The normalized spacial score (nSPS) is 25.5. The molecule has 0 saturated heterocycles. The third kappa shape index (κ3) is 4.61. The molecule has 2 N–H and O–H groups in total. The van der Waals surface area contributed by atoms with Crippen LogP contribution in [0.5, 0.6) is 0 Å². The molecule has 1 aromatic carbocycles. The SMILES string of the molecule is CCC[C@H](C)N(Cc1cc(F)c([C@]2(c3nn(C)c(=O)[nH]3)C[C@@](C)(O)C2)cc1F)S(=O)(=O)C1(C)C=CC=C1. The van der Waals surface area contributed by atoms with Crippen LogP contribution in [0.2, 0.25) is 0 Å². The molecule has 2 aliphatic rings. The van der Waals surface area contributed by atoms with Crippen LogP contribution in [0.25, 0.3) is 0 Å². The number of aromatic nitrogens is 3. The average Bonchev–Trinajstić information content (AvgIpc) is 3.38. The van der Waals surface area contributed by atoms with Crippen LogP contribution in [-0.4, -0.2) is 49.0 Å². The van der Waals surface area contributed by atoms with Gasteiger partial charge in [0.05, 0.1) is 11.0 Å². The number of hydrogen-bond donors (Lipinski definition) is 2. The van der Waals surface area contributed by atoms with E-state index in [9.17, 15) is 18.3 Å². The van der Waals surface area contributed by atoms with E-state index in [4.69, 9.17) is 0 Å². The van der Waals surface area contributed by atoms with Gasteiger partial charge in [0.2, 0.25) is 10.0 Å². The molecule has 4 rings (SSSR count). The lowest BCUT2D eigenvalue weighted by Crippen LogP contribution is -2.54. The van der Waals surface area contributed by atoms with Gasteiger partial charge in [0.25, 0.3) is 0 Å². The number of hydrogen-bond acceptors (Lipinski definition) is 5. The summed E-state index contributed by atoms with van der Waals surface area (Å²) in [5.74, 6) is -1.39. The van der Waals surface area contributed by atoms with Crippen molar-refractivity contribution >= 4 is 10.0 Å². The summed E-state index contributed by atoms with van der Waals surface area (Å²) >= 11 is 0. The lowest BCUT2D eigenvalue weighted by molar-refractivity contribution is -0.0649. The Kier molecular flexibility index (Phi) is 6.88. The van der Waals surface area contributed by atoms with Crippen molar-refractivity contribution in [3.8, 4) is 0 Å². The number of rotatable bonds is 9. The molecule has 0 spiro atoms. The second kappa shape index (κ2) is 9.28. The number of aliphatic hydroxyl groups is 1. The summed E-state index contributed by atoms with van der Waals surface area (Å²) in [6, 6.07) is 1.62. The fraction of sp³-hybridized carbons (Fsp3) is 0.538. The summed E-state index contributed by atoms with van der Waals surface area (Å²) in [5.41, 5.74) is -3.01. The highest BCUT2D eigenvalue weighted by atomic mass is 32.2. The topological polar surface area (TPSA) is 108 Å². The second-order valence-corrected chi connectivity index (χ2v) is 13.1. The fourth-order valence-electron chi connectivity index (χ4n) is 5.61. The zero-order valence-electron chi connectivity index (χ0n) is 21.8. The first-order valence-corrected chi connectivity index (χ1v) is 13.8. The highest BCUT2D eigenvalue weighted by molar-refractivity contribution is 7.90. The molecule has 11 heteroatoms. The van der Waals surface area contributed by atoms with E-state index in [1.807, 2.05) is 6.92 Å². The maximum atomic E-state index is 15.7. The molecule has 0 radical (unpaired) electrons. The van der Waals surface area contributed by atoms with Crippen molar-refractivity contribution in [2.24, 2.45) is 7.05 Å². The van der Waals surface area contributed by atoms with Crippen molar-refractivity contribution < 1.29 is 22.3 Å². The van der Waals surface area contributed by atoms with Gasteiger partial charge in [-0.25, -0.2) is 26.7 Å². The van der Waals surface area contributed by atoms with Gasteiger partial charge < -0.3 is 5.11 Å². The Hall–Kier alpha value is -2.63. The molecule has 0 unspecified atom stereocenters. The van der Waals surface area contributed by atoms with Crippen molar-refractivity contribution in [2.75, 3.05) is 0 Å². The molecule has 1 aromatic heterocycles. The number of aryl methyl sites for hydroxylation is 1. The van der Waals surface area contributed by atoms with Crippen LogP contribution in [0.4, 0.5) is 8.78 Å². The van der Waals surface area contributed by atoms with Gasteiger partial charge in [-0.15, -0.1) is 0 Å². The van der Waals surface area contributed by atoms with Crippen molar-refractivity contribution in [3.05, 3.63) is 75.5 Å². The fourth-order valence-corrected chi connectivity index (χ4v) is 7.50. The Bertz CT molecular complexity index is 1400. The van der Waals surface area contributed by atoms with E-state index in [2.05, 4.69) is 10.1 Å². The predicted octanol–water partition coefficient (Wildman–Crippen LogP) is 3.42. The summed E-state index contributed by atoms with van der Waals surface area (Å²) in [4.78, 5) is 14.6. The van der Waals surface area contributed by atoms with E-state index in [1.165, 1.54) is 11.4 Å². The van der Waals surface area contributed by atoms with Gasteiger partial charge in [-0.2, -0.15) is 9.40 Å². The number of aromatic amines is 1. The van der Waals surface area contributed by atoms with Crippen LogP contribution < -0.4 is 5.69 Å². The Morgan fingerprint density at radius 2 is 1.81 bits per heavy atom. The molecule has 0 bridgehead atoms. The van der Waals surface area contributed by atoms with Gasteiger partial charge in [0, 0.05) is 30.8 Å². The average molecular weight is 537 g/mol. The summed E-state index contributed by atoms with van der Waals surface area (Å²) in [7, 11) is -2.52. The van der Waals surface area contributed by atoms with Crippen molar-refractivity contribution in [1.82, 2.24) is 19.1 Å². The standard InChI is InChI=1S/C26H34F2N4O4S/c1-6-9-17(2)32(37(35,36)25(4)10-7-8-11-25)14-18-12-21(28)19(13-20(18)27)26(15-24(3,34)16-26)22-29-23(33)31(5)30-22/h7-8,10-13,17,34H,6,9,14-16H2,1-5H3,(H,29,30,33)/t17-,24-,26+/m0/s1. The van der Waals surface area contributed by atoms with Gasteiger partial charge in [0.1, 0.15) is 22.2 Å². The third-order valence-electron chi connectivity index (χ3n) is 7.59. The number of halogens is 2. The van der Waals surface area contributed by atoms with E-state index in [0.29, 0.717) is 6.42 Å². The molecule has 1 heterocycles. The van der Waals surface area contributed by atoms with Crippen LogP contribution in [0.3, 0.4) is 0 Å². The zero-order chi connectivity index (χ0) is 27.4. The van der Waals surface area contributed by atoms with Crippen LogP contribution >= 0.6 is 0 Å². The molecular weight excluding hydrogens is 502 g/mol. The Labute approximate surface area is 215 Å². The molecule has 1 atom stereocenters. The molecule has 8 nitrogen and oxygen atoms in total. The van der Waals surface area contributed by atoms with E-state index in [1.54, 1.807) is 45.1 Å². The monoisotopic (exact) mass is 536 g/mol. The highest BCUT2D eigenvalue weighted by Gasteiger charge is 2.56. The first-order chi connectivity index (χ1) is 17.2. The molecule has 0 amide bonds. The maximum absolute atomic E-state index is 15.7. The van der Waals surface area contributed by atoms with E-state index >= 15 is 8.78 Å². The van der Waals surface area contributed by atoms with Gasteiger partial charge >= 0.3 is 5.69 Å². The molecular formula is C26H34F2N4O4S. The number of nitrogens with one attached hydrogen (secondary N) is 1. The van der Waals surface area contributed by atoms with E-state index in [0.717, 1.165) is 23.2 Å². The lowest BCUT2D eigenvalue weighted by Gasteiger charge is -2.50. The predicted molar refractivity (Wildman–Crippen MR) is 136 cm³/mol. The maximum Gasteiger partial charge on any atom is 0.343 e. The van der Waals surface area contributed by atoms with Gasteiger partial charge in [-0.1, -0.05) is 37.6 Å². The van der Waals surface area contributed by atoms with Crippen LogP contribution in [-0.2, 0) is 29.0 Å². The minimum Gasteiger partial charge on any atom is -0.390 e. The van der Waals surface area contributed by atoms with Crippen molar-refractivity contribution in [3.63, 3.8) is 0 Å². The quantitative estimate of drug-likeness (QED) is 0.511. The van der Waals surface area contributed by atoms with Crippen LogP contribution in [0.1, 0.15) is 70.3 Å². The first kappa shape index (κ1) is 27.4. The third-order valence-corrected chi connectivity index (χ3v) is 10.1. The minimum atomic E-state index is -3.96. The molecule has 1 saturated carbocycles. The number of sulfonamides is 1. The molecule has 1 fully saturated rings.